The number of urea groups is 1. The molecule has 138 valence electrons. The highest BCUT2D eigenvalue weighted by Gasteiger charge is 2.35. The summed E-state index contributed by atoms with van der Waals surface area (Å²) in [6.07, 6.45) is 1.73. The van der Waals surface area contributed by atoms with Gasteiger partial charge in [-0.15, -0.1) is 0 Å². The van der Waals surface area contributed by atoms with Gasteiger partial charge in [0.25, 0.3) is 0 Å². The third kappa shape index (κ3) is 5.42. The normalized spacial score (nSPS) is 17.6. The second kappa shape index (κ2) is 9.17. The van der Waals surface area contributed by atoms with E-state index >= 15 is 0 Å². The minimum atomic E-state index is -0.477. The fourth-order valence-corrected chi connectivity index (χ4v) is 3.13. The predicted molar refractivity (Wildman–Crippen MR) is 97.9 cm³/mol. The number of hydrogen-bond donors (Lipinski definition) is 3. The van der Waals surface area contributed by atoms with E-state index in [1.54, 1.807) is 13.8 Å². The van der Waals surface area contributed by atoms with E-state index in [2.05, 4.69) is 16.0 Å². The Bertz CT molecular complexity index is 586. The number of ether oxygens (including phenoxy) is 1. The van der Waals surface area contributed by atoms with Crippen molar-refractivity contribution in [3.63, 3.8) is 0 Å². The molecule has 1 fully saturated rings. The number of nitrogens with one attached hydrogen (secondary N) is 3. The van der Waals surface area contributed by atoms with Gasteiger partial charge in [0.15, 0.2) is 0 Å². The van der Waals surface area contributed by atoms with Crippen molar-refractivity contribution in [1.29, 1.82) is 0 Å². The smallest absolute Gasteiger partial charge is 0.321 e. The first kappa shape index (κ1) is 19.7. The lowest BCUT2D eigenvalue weighted by Gasteiger charge is -2.38. The van der Waals surface area contributed by atoms with Crippen LogP contribution in [0.25, 0.3) is 0 Å². The van der Waals surface area contributed by atoms with Gasteiger partial charge in [0, 0.05) is 36.7 Å². The highest BCUT2D eigenvalue weighted by atomic mass is 35.5. The van der Waals surface area contributed by atoms with Gasteiger partial charge in [-0.3, -0.25) is 10.1 Å². The van der Waals surface area contributed by atoms with Crippen LogP contribution in [0.5, 0.6) is 0 Å². The van der Waals surface area contributed by atoms with E-state index < -0.39 is 12.1 Å². The zero-order valence-corrected chi connectivity index (χ0v) is 15.5. The van der Waals surface area contributed by atoms with E-state index in [-0.39, 0.29) is 11.3 Å². The zero-order valence-electron chi connectivity index (χ0n) is 14.7. The molecule has 1 aromatic carbocycles. The SMILES string of the molecule is CCNC(=O)NC(=O)C(C)NCC1(c2ccc(Cl)cc2)CCOCC1. The first-order chi connectivity index (χ1) is 12.0. The Morgan fingerprint density at radius 3 is 2.48 bits per heavy atom. The number of carbonyl (C=O) groups excluding carboxylic acids is 2. The number of carbonyl (C=O) groups is 2. The molecule has 1 aromatic rings. The van der Waals surface area contributed by atoms with Crippen LogP contribution in [0.1, 0.15) is 32.3 Å². The average Bonchev–Trinajstić information content (AvgIpc) is 2.61. The van der Waals surface area contributed by atoms with Gasteiger partial charge in [0.05, 0.1) is 6.04 Å². The maximum absolute atomic E-state index is 12.1. The van der Waals surface area contributed by atoms with Crippen molar-refractivity contribution in [2.24, 2.45) is 0 Å². The number of hydrogen-bond acceptors (Lipinski definition) is 4. The van der Waals surface area contributed by atoms with E-state index in [9.17, 15) is 9.59 Å². The van der Waals surface area contributed by atoms with Crippen LogP contribution in [0.15, 0.2) is 24.3 Å². The summed E-state index contributed by atoms with van der Waals surface area (Å²) in [5.74, 6) is -0.343. The van der Waals surface area contributed by atoms with E-state index in [1.165, 1.54) is 5.56 Å². The minimum Gasteiger partial charge on any atom is -0.381 e. The number of rotatable bonds is 6. The lowest BCUT2D eigenvalue weighted by atomic mass is 9.74. The molecule has 0 aliphatic carbocycles. The van der Waals surface area contributed by atoms with Gasteiger partial charge in [-0.2, -0.15) is 0 Å². The van der Waals surface area contributed by atoms with Crippen LogP contribution >= 0.6 is 11.6 Å². The fourth-order valence-electron chi connectivity index (χ4n) is 3.00. The molecule has 1 aliphatic rings. The van der Waals surface area contributed by atoms with Crippen LogP contribution < -0.4 is 16.0 Å². The summed E-state index contributed by atoms with van der Waals surface area (Å²) < 4.78 is 5.52. The van der Waals surface area contributed by atoms with E-state index in [0.29, 0.717) is 31.3 Å². The second-order valence-corrected chi connectivity index (χ2v) is 6.79. The summed E-state index contributed by atoms with van der Waals surface area (Å²) in [7, 11) is 0. The van der Waals surface area contributed by atoms with E-state index in [1.807, 2.05) is 24.3 Å². The number of benzene rings is 1. The summed E-state index contributed by atoms with van der Waals surface area (Å²) in [4.78, 5) is 23.6. The van der Waals surface area contributed by atoms with Crippen LogP contribution in [0.3, 0.4) is 0 Å². The zero-order chi connectivity index (χ0) is 18.3. The first-order valence-corrected chi connectivity index (χ1v) is 9.00. The molecular weight excluding hydrogens is 342 g/mol. The highest BCUT2D eigenvalue weighted by Crippen LogP contribution is 2.35. The topological polar surface area (TPSA) is 79.5 Å². The molecule has 2 rings (SSSR count). The van der Waals surface area contributed by atoms with Crippen molar-refractivity contribution in [2.45, 2.75) is 38.1 Å². The van der Waals surface area contributed by atoms with Gasteiger partial charge in [-0.05, 0) is 44.4 Å². The Balaban J connectivity index is 2.01. The van der Waals surface area contributed by atoms with Gasteiger partial charge < -0.3 is 15.4 Å². The molecule has 0 spiro atoms. The van der Waals surface area contributed by atoms with Crippen molar-refractivity contribution >= 4 is 23.5 Å². The molecule has 3 N–H and O–H groups in total. The summed E-state index contributed by atoms with van der Waals surface area (Å²) in [5, 5.41) is 8.86. The number of halogens is 1. The summed E-state index contributed by atoms with van der Waals surface area (Å²) in [5.41, 5.74) is 1.08. The van der Waals surface area contributed by atoms with Gasteiger partial charge in [0.1, 0.15) is 0 Å². The van der Waals surface area contributed by atoms with Crippen LogP contribution in [0, 0.1) is 0 Å². The van der Waals surface area contributed by atoms with Crippen LogP contribution in [0.2, 0.25) is 5.02 Å². The molecule has 7 heteroatoms. The molecule has 0 aromatic heterocycles. The minimum absolute atomic E-state index is 0.108. The van der Waals surface area contributed by atoms with Gasteiger partial charge in [-0.1, -0.05) is 23.7 Å². The summed E-state index contributed by atoms with van der Waals surface area (Å²) >= 11 is 6.01. The lowest BCUT2D eigenvalue weighted by molar-refractivity contribution is -0.121. The van der Waals surface area contributed by atoms with Crippen molar-refractivity contribution < 1.29 is 14.3 Å². The van der Waals surface area contributed by atoms with Crippen molar-refractivity contribution in [1.82, 2.24) is 16.0 Å². The van der Waals surface area contributed by atoms with Crippen LogP contribution in [-0.4, -0.2) is 44.3 Å². The molecule has 6 nitrogen and oxygen atoms in total. The molecule has 1 aliphatic heterocycles. The average molecular weight is 368 g/mol. The molecule has 25 heavy (non-hydrogen) atoms. The molecule has 1 heterocycles. The molecule has 1 saturated heterocycles. The van der Waals surface area contributed by atoms with Crippen LogP contribution in [-0.2, 0) is 14.9 Å². The molecule has 1 unspecified atom stereocenters. The third-order valence-corrected chi connectivity index (χ3v) is 4.87. The Morgan fingerprint density at radius 2 is 1.88 bits per heavy atom. The quantitative estimate of drug-likeness (QED) is 0.720. The lowest BCUT2D eigenvalue weighted by Crippen LogP contribution is -2.52. The number of imide groups is 1. The third-order valence-electron chi connectivity index (χ3n) is 4.62. The molecular formula is C18H26ClN3O3. The monoisotopic (exact) mass is 367 g/mol. The van der Waals surface area contributed by atoms with E-state index in [4.69, 9.17) is 16.3 Å². The maximum Gasteiger partial charge on any atom is 0.321 e. The van der Waals surface area contributed by atoms with Crippen LogP contribution in [0.4, 0.5) is 4.79 Å². The highest BCUT2D eigenvalue weighted by molar-refractivity contribution is 6.30. The molecule has 3 amide bonds. The van der Waals surface area contributed by atoms with E-state index in [0.717, 1.165) is 12.8 Å². The first-order valence-electron chi connectivity index (χ1n) is 8.63. The Kier molecular flexibility index (Phi) is 7.23. The Morgan fingerprint density at radius 1 is 1.24 bits per heavy atom. The predicted octanol–water partition coefficient (Wildman–Crippen LogP) is 2.21. The maximum atomic E-state index is 12.1. The largest absolute Gasteiger partial charge is 0.381 e. The van der Waals surface area contributed by atoms with Gasteiger partial charge in [-0.25, -0.2) is 4.79 Å². The second-order valence-electron chi connectivity index (χ2n) is 6.35. The molecule has 0 radical (unpaired) electrons. The number of amides is 3. The van der Waals surface area contributed by atoms with Crippen molar-refractivity contribution in [3.05, 3.63) is 34.9 Å². The Hall–Kier alpha value is -1.63. The van der Waals surface area contributed by atoms with Gasteiger partial charge >= 0.3 is 6.03 Å². The fraction of sp³-hybridized carbons (Fsp3) is 0.556. The molecule has 0 bridgehead atoms. The van der Waals surface area contributed by atoms with Crippen molar-refractivity contribution in [2.75, 3.05) is 26.3 Å². The standard InChI is InChI=1S/C18H26ClN3O3/c1-3-20-17(24)22-16(23)13(2)21-12-18(8-10-25-11-9-18)14-4-6-15(19)7-5-14/h4-7,13,21H,3,8-12H2,1-2H3,(H2,20,22,23,24). The summed E-state index contributed by atoms with van der Waals surface area (Å²) in [6.45, 7) is 6.02. The van der Waals surface area contributed by atoms with Gasteiger partial charge in [0.2, 0.25) is 5.91 Å². The van der Waals surface area contributed by atoms with Crippen molar-refractivity contribution in [3.8, 4) is 0 Å². The molecule has 0 saturated carbocycles. The Labute approximate surface area is 153 Å². The molecule has 1 atom stereocenters. The summed E-state index contributed by atoms with van der Waals surface area (Å²) in [6, 6.07) is 6.90.